The Balaban J connectivity index is 1.88. The van der Waals surface area contributed by atoms with Crippen molar-refractivity contribution < 1.29 is 19.4 Å². The standard InChI is InChI=1S/C14H23NO4/c1-9-7-15(8-10(2)19-9)13(16)11-3-5-12(6-4-11)14(17)18/h9-12H,3-8H2,1-2H3,(H,17,18)/t9-,10+,11?,12?. The van der Waals surface area contributed by atoms with Crippen LogP contribution in [0, 0.1) is 11.8 Å². The van der Waals surface area contributed by atoms with E-state index < -0.39 is 5.97 Å². The first kappa shape index (κ1) is 14.3. The highest BCUT2D eigenvalue weighted by atomic mass is 16.5. The summed E-state index contributed by atoms with van der Waals surface area (Å²) in [6.07, 6.45) is 2.83. The van der Waals surface area contributed by atoms with Crippen LogP contribution in [0.5, 0.6) is 0 Å². The first-order chi connectivity index (χ1) is 8.97. The van der Waals surface area contributed by atoms with Crippen molar-refractivity contribution in [3.8, 4) is 0 Å². The van der Waals surface area contributed by atoms with Crippen LogP contribution in [0.25, 0.3) is 0 Å². The van der Waals surface area contributed by atoms with Gasteiger partial charge < -0.3 is 14.7 Å². The molecule has 0 bridgehead atoms. The van der Waals surface area contributed by atoms with E-state index in [0.717, 1.165) is 0 Å². The van der Waals surface area contributed by atoms with E-state index in [-0.39, 0.29) is 30.0 Å². The van der Waals surface area contributed by atoms with Gasteiger partial charge in [0.15, 0.2) is 0 Å². The van der Waals surface area contributed by atoms with Crippen molar-refractivity contribution in [1.82, 2.24) is 4.90 Å². The van der Waals surface area contributed by atoms with Crippen LogP contribution >= 0.6 is 0 Å². The Morgan fingerprint density at radius 1 is 1.00 bits per heavy atom. The van der Waals surface area contributed by atoms with Gasteiger partial charge in [0, 0.05) is 19.0 Å². The molecule has 1 aliphatic heterocycles. The Hall–Kier alpha value is -1.10. The van der Waals surface area contributed by atoms with E-state index in [2.05, 4.69) is 0 Å². The highest BCUT2D eigenvalue weighted by Gasteiger charge is 2.34. The summed E-state index contributed by atoms with van der Waals surface area (Å²) >= 11 is 0. The number of morpholine rings is 1. The Morgan fingerprint density at radius 3 is 1.95 bits per heavy atom. The molecule has 1 aliphatic carbocycles. The van der Waals surface area contributed by atoms with E-state index in [1.165, 1.54) is 0 Å². The number of amides is 1. The van der Waals surface area contributed by atoms with Gasteiger partial charge in [0.25, 0.3) is 0 Å². The van der Waals surface area contributed by atoms with Crippen LogP contribution in [0.15, 0.2) is 0 Å². The summed E-state index contributed by atoms with van der Waals surface area (Å²) in [6, 6.07) is 0. The summed E-state index contributed by atoms with van der Waals surface area (Å²) in [6.45, 7) is 5.28. The third-order valence-corrected chi connectivity index (χ3v) is 4.16. The van der Waals surface area contributed by atoms with Crippen molar-refractivity contribution >= 4 is 11.9 Å². The normalized spacial score (nSPS) is 36.0. The van der Waals surface area contributed by atoms with E-state index in [9.17, 15) is 9.59 Å². The summed E-state index contributed by atoms with van der Waals surface area (Å²) in [7, 11) is 0. The number of rotatable bonds is 2. The van der Waals surface area contributed by atoms with Crippen LogP contribution in [-0.4, -0.2) is 47.2 Å². The van der Waals surface area contributed by atoms with Gasteiger partial charge in [-0.2, -0.15) is 0 Å². The van der Waals surface area contributed by atoms with Gasteiger partial charge in [-0.15, -0.1) is 0 Å². The molecule has 0 aromatic carbocycles. The minimum Gasteiger partial charge on any atom is -0.481 e. The molecule has 1 heterocycles. The molecule has 2 rings (SSSR count). The van der Waals surface area contributed by atoms with E-state index in [1.54, 1.807) is 0 Å². The van der Waals surface area contributed by atoms with Crippen LogP contribution in [0.3, 0.4) is 0 Å². The summed E-state index contributed by atoms with van der Waals surface area (Å²) in [4.78, 5) is 25.2. The molecular weight excluding hydrogens is 246 g/mol. The number of carbonyl (C=O) groups is 2. The van der Waals surface area contributed by atoms with Crippen LogP contribution in [0.4, 0.5) is 0 Å². The maximum absolute atomic E-state index is 12.4. The lowest BCUT2D eigenvalue weighted by atomic mass is 9.81. The van der Waals surface area contributed by atoms with Crippen molar-refractivity contribution in [3.05, 3.63) is 0 Å². The van der Waals surface area contributed by atoms with Gasteiger partial charge in [-0.05, 0) is 39.5 Å². The average Bonchev–Trinajstić information content (AvgIpc) is 2.37. The summed E-state index contributed by atoms with van der Waals surface area (Å²) in [5.74, 6) is -0.787. The summed E-state index contributed by atoms with van der Waals surface area (Å²) < 4.78 is 5.63. The largest absolute Gasteiger partial charge is 0.481 e. The second kappa shape index (κ2) is 5.90. The lowest BCUT2D eigenvalue weighted by Crippen LogP contribution is -2.50. The number of aliphatic carboxylic acids is 1. The molecule has 108 valence electrons. The lowest BCUT2D eigenvalue weighted by molar-refractivity contribution is -0.151. The smallest absolute Gasteiger partial charge is 0.306 e. The molecule has 0 radical (unpaired) electrons. The number of nitrogens with zero attached hydrogens (tertiary/aromatic N) is 1. The second-order valence-electron chi connectivity index (χ2n) is 5.89. The molecule has 2 aliphatic rings. The minimum absolute atomic E-state index is 0.00750. The van der Waals surface area contributed by atoms with Crippen molar-refractivity contribution in [2.75, 3.05) is 13.1 Å². The molecule has 0 unspecified atom stereocenters. The highest BCUT2D eigenvalue weighted by Crippen LogP contribution is 2.30. The highest BCUT2D eigenvalue weighted by molar-refractivity contribution is 5.79. The van der Waals surface area contributed by atoms with E-state index in [1.807, 2.05) is 18.7 Å². The molecular formula is C14H23NO4. The van der Waals surface area contributed by atoms with Crippen LogP contribution in [-0.2, 0) is 14.3 Å². The predicted molar refractivity (Wildman–Crippen MR) is 69.7 cm³/mol. The first-order valence-corrected chi connectivity index (χ1v) is 7.14. The third kappa shape index (κ3) is 3.47. The number of ether oxygens (including phenoxy) is 1. The van der Waals surface area contributed by atoms with E-state index in [4.69, 9.17) is 9.84 Å². The number of hydrogen-bond donors (Lipinski definition) is 1. The van der Waals surface area contributed by atoms with Crippen molar-refractivity contribution in [1.29, 1.82) is 0 Å². The fourth-order valence-electron chi connectivity index (χ4n) is 3.20. The number of hydrogen-bond acceptors (Lipinski definition) is 3. The molecule has 1 saturated carbocycles. The number of carboxylic acids is 1. The van der Waals surface area contributed by atoms with Gasteiger partial charge in [-0.3, -0.25) is 9.59 Å². The molecule has 19 heavy (non-hydrogen) atoms. The molecule has 1 saturated heterocycles. The Labute approximate surface area is 113 Å². The molecule has 0 aromatic rings. The molecule has 1 amide bonds. The zero-order chi connectivity index (χ0) is 14.0. The van der Waals surface area contributed by atoms with Gasteiger partial charge in [0.05, 0.1) is 18.1 Å². The Kier molecular flexibility index (Phi) is 4.45. The van der Waals surface area contributed by atoms with Gasteiger partial charge in [-0.25, -0.2) is 0 Å². The van der Waals surface area contributed by atoms with E-state index >= 15 is 0 Å². The maximum Gasteiger partial charge on any atom is 0.306 e. The molecule has 5 nitrogen and oxygen atoms in total. The summed E-state index contributed by atoms with van der Waals surface area (Å²) in [5, 5.41) is 8.97. The van der Waals surface area contributed by atoms with Crippen molar-refractivity contribution in [3.63, 3.8) is 0 Å². The monoisotopic (exact) mass is 269 g/mol. The summed E-state index contributed by atoms with van der Waals surface area (Å²) in [5.41, 5.74) is 0. The van der Waals surface area contributed by atoms with E-state index in [0.29, 0.717) is 38.8 Å². The zero-order valence-electron chi connectivity index (χ0n) is 11.7. The molecule has 0 spiro atoms. The van der Waals surface area contributed by atoms with Crippen LogP contribution in [0.2, 0.25) is 0 Å². The molecule has 2 fully saturated rings. The quantitative estimate of drug-likeness (QED) is 0.825. The average molecular weight is 269 g/mol. The zero-order valence-corrected chi connectivity index (χ0v) is 11.7. The molecule has 2 atom stereocenters. The topological polar surface area (TPSA) is 66.8 Å². The van der Waals surface area contributed by atoms with Gasteiger partial charge in [0.2, 0.25) is 5.91 Å². The number of carbonyl (C=O) groups excluding carboxylic acids is 1. The Bertz CT molecular complexity index is 339. The molecule has 1 N–H and O–H groups in total. The third-order valence-electron chi connectivity index (χ3n) is 4.16. The fraction of sp³-hybridized carbons (Fsp3) is 0.857. The first-order valence-electron chi connectivity index (χ1n) is 7.14. The van der Waals surface area contributed by atoms with Gasteiger partial charge >= 0.3 is 5.97 Å². The van der Waals surface area contributed by atoms with Crippen LogP contribution < -0.4 is 0 Å². The van der Waals surface area contributed by atoms with Crippen molar-refractivity contribution in [2.24, 2.45) is 11.8 Å². The molecule has 0 aromatic heterocycles. The maximum atomic E-state index is 12.4. The van der Waals surface area contributed by atoms with Crippen LogP contribution in [0.1, 0.15) is 39.5 Å². The fourth-order valence-corrected chi connectivity index (χ4v) is 3.20. The molecule has 5 heteroatoms. The lowest BCUT2D eigenvalue weighted by Gasteiger charge is -2.38. The van der Waals surface area contributed by atoms with Gasteiger partial charge in [-0.1, -0.05) is 0 Å². The predicted octanol–water partition coefficient (Wildman–Crippen LogP) is 1.51. The Morgan fingerprint density at radius 2 is 1.47 bits per heavy atom. The minimum atomic E-state index is -0.723. The number of carboxylic acid groups (broad SMARTS) is 1. The second-order valence-corrected chi connectivity index (χ2v) is 5.89. The van der Waals surface area contributed by atoms with Crippen molar-refractivity contribution in [2.45, 2.75) is 51.7 Å². The van der Waals surface area contributed by atoms with Gasteiger partial charge in [0.1, 0.15) is 0 Å². The SMILES string of the molecule is C[C@@H]1CN(C(=O)C2CCC(C(=O)O)CC2)C[C@H](C)O1.